The van der Waals surface area contributed by atoms with E-state index in [1.807, 2.05) is 0 Å². The number of nitrogen functional groups attached to an aromatic ring is 2. The lowest BCUT2D eigenvalue weighted by Crippen LogP contribution is -2.08. The highest BCUT2D eigenvalue weighted by molar-refractivity contribution is 5.83. The van der Waals surface area contributed by atoms with Crippen LogP contribution in [0.15, 0.2) is 30.3 Å². The Labute approximate surface area is 155 Å². The van der Waals surface area contributed by atoms with Crippen LogP contribution in [0.5, 0.6) is 0 Å². The number of benzene rings is 2. The molecule has 0 spiro atoms. The largest absolute Gasteiger partial charge is 0.383 e. The van der Waals surface area contributed by atoms with Crippen LogP contribution in [-0.4, -0.2) is 19.7 Å². The molecular formula is C18H11F4N6. The number of aromatic nitrogens is 4. The Morgan fingerprint density at radius 1 is 0.929 bits per heavy atom. The van der Waals surface area contributed by atoms with Crippen molar-refractivity contribution in [1.29, 1.82) is 0 Å². The molecule has 28 heavy (non-hydrogen) atoms. The van der Waals surface area contributed by atoms with Crippen molar-refractivity contribution in [3.05, 3.63) is 70.9 Å². The van der Waals surface area contributed by atoms with E-state index in [9.17, 15) is 17.6 Å². The van der Waals surface area contributed by atoms with E-state index in [1.54, 1.807) is 0 Å². The van der Waals surface area contributed by atoms with Gasteiger partial charge in [-0.15, -0.1) is 0 Å². The van der Waals surface area contributed by atoms with Crippen molar-refractivity contribution in [2.24, 2.45) is 0 Å². The molecule has 0 atom stereocenters. The van der Waals surface area contributed by atoms with Crippen LogP contribution in [0.3, 0.4) is 0 Å². The molecule has 0 bridgehead atoms. The van der Waals surface area contributed by atoms with E-state index in [-0.39, 0.29) is 28.7 Å². The maximum atomic E-state index is 14.1. The van der Waals surface area contributed by atoms with Gasteiger partial charge in [-0.2, -0.15) is 19.7 Å². The standard InChI is InChI=1S/C18H11F4N6/c19-8-1-4-14-10(5-8)13(6-9-11(20)2-3-12(21)17(9)22)27-28(14)18-25-15(23)7-16(24)26-18/h1-5H,6H2,(H4,23,24,25,26). The molecule has 4 aromatic rings. The quantitative estimate of drug-likeness (QED) is 0.416. The maximum Gasteiger partial charge on any atom is 0.255 e. The van der Waals surface area contributed by atoms with Gasteiger partial charge in [-0.25, -0.2) is 17.6 Å². The summed E-state index contributed by atoms with van der Waals surface area (Å²) in [6.45, 7) is 0. The minimum atomic E-state index is -1.34. The molecule has 4 rings (SSSR count). The first-order valence-electron chi connectivity index (χ1n) is 7.95. The highest BCUT2D eigenvalue weighted by Crippen LogP contribution is 2.27. The number of nitrogens with zero attached hydrogens (tertiary/aromatic N) is 4. The zero-order valence-electron chi connectivity index (χ0n) is 14.0. The molecule has 0 amide bonds. The first kappa shape index (κ1) is 17.7. The van der Waals surface area contributed by atoms with Crippen molar-refractivity contribution in [2.75, 3.05) is 11.5 Å². The van der Waals surface area contributed by atoms with Gasteiger partial charge in [0.05, 0.1) is 17.3 Å². The zero-order chi connectivity index (χ0) is 20.0. The Morgan fingerprint density at radius 2 is 1.61 bits per heavy atom. The Kier molecular flexibility index (Phi) is 4.10. The normalized spacial score (nSPS) is 11.3. The van der Waals surface area contributed by atoms with Crippen LogP contribution < -0.4 is 11.5 Å². The second-order valence-electron chi connectivity index (χ2n) is 5.94. The molecule has 4 N–H and O–H groups in total. The van der Waals surface area contributed by atoms with Gasteiger partial charge in [0.15, 0.2) is 11.6 Å². The molecule has 6 nitrogen and oxygen atoms in total. The third-order valence-electron chi connectivity index (χ3n) is 4.09. The van der Waals surface area contributed by atoms with E-state index in [2.05, 4.69) is 21.1 Å². The van der Waals surface area contributed by atoms with E-state index in [0.717, 1.165) is 12.1 Å². The van der Waals surface area contributed by atoms with E-state index in [0.29, 0.717) is 11.6 Å². The van der Waals surface area contributed by atoms with Crippen LogP contribution in [0.2, 0.25) is 0 Å². The summed E-state index contributed by atoms with van der Waals surface area (Å²) >= 11 is 0. The van der Waals surface area contributed by atoms with Crippen LogP contribution in [0.25, 0.3) is 16.9 Å². The van der Waals surface area contributed by atoms with Gasteiger partial charge in [0.25, 0.3) is 5.95 Å². The number of hydrogen-bond acceptors (Lipinski definition) is 5. The Morgan fingerprint density at radius 3 is 2.32 bits per heavy atom. The number of fused-ring (bicyclic) bond motifs is 1. The monoisotopic (exact) mass is 387 g/mol. The lowest BCUT2D eigenvalue weighted by molar-refractivity contribution is 0.482. The van der Waals surface area contributed by atoms with Crippen molar-refractivity contribution in [2.45, 2.75) is 6.42 Å². The van der Waals surface area contributed by atoms with Crippen molar-refractivity contribution in [3.8, 4) is 5.95 Å². The number of hydrogen-bond donors (Lipinski definition) is 2. The molecule has 0 aliphatic rings. The summed E-state index contributed by atoms with van der Waals surface area (Å²) in [5, 5.41) is 4.48. The highest BCUT2D eigenvalue weighted by Gasteiger charge is 2.20. The van der Waals surface area contributed by atoms with Crippen molar-refractivity contribution in [1.82, 2.24) is 19.7 Å². The molecule has 0 unspecified atom stereocenters. The summed E-state index contributed by atoms with van der Waals surface area (Å²) in [6, 6.07) is 7.71. The Bertz CT molecular complexity index is 1200. The predicted octanol–water partition coefficient (Wildman–Crippen LogP) is 2.93. The highest BCUT2D eigenvalue weighted by atomic mass is 19.2. The van der Waals surface area contributed by atoms with E-state index >= 15 is 0 Å². The average Bonchev–Trinajstić information content (AvgIpc) is 2.99. The van der Waals surface area contributed by atoms with E-state index in [1.165, 1.54) is 16.8 Å². The number of nitrogens with two attached hydrogens (primary N) is 2. The van der Waals surface area contributed by atoms with Gasteiger partial charge in [-0.05, 0) is 30.3 Å². The van der Waals surface area contributed by atoms with Crippen molar-refractivity contribution < 1.29 is 17.6 Å². The molecule has 2 aromatic heterocycles. The van der Waals surface area contributed by atoms with Crippen LogP contribution in [0.1, 0.15) is 11.3 Å². The lowest BCUT2D eigenvalue weighted by atomic mass is 10.1. The molecule has 0 aliphatic heterocycles. The third-order valence-corrected chi connectivity index (χ3v) is 4.09. The smallest absolute Gasteiger partial charge is 0.255 e. The number of halogens is 4. The molecule has 10 heteroatoms. The molecule has 141 valence electrons. The summed E-state index contributed by atoms with van der Waals surface area (Å²) in [7, 11) is 0. The van der Waals surface area contributed by atoms with Crippen molar-refractivity contribution >= 4 is 22.5 Å². The van der Waals surface area contributed by atoms with Gasteiger partial charge < -0.3 is 11.5 Å². The topological polar surface area (TPSA) is 95.6 Å². The van der Waals surface area contributed by atoms with Gasteiger partial charge in [0.1, 0.15) is 23.3 Å². The molecular weight excluding hydrogens is 376 g/mol. The minimum absolute atomic E-state index is 0.0307. The summed E-state index contributed by atoms with van der Waals surface area (Å²) in [6.07, 6.45) is -0.424. The minimum Gasteiger partial charge on any atom is -0.383 e. The maximum absolute atomic E-state index is 14.1. The Balaban J connectivity index is 1.93. The molecule has 0 aliphatic carbocycles. The van der Waals surface area contributed by atoms with Gasteiger partial charge >= 0.3 is 0 Å². The molecule has 0 saturated heterocycles. The SMILES string of the molecule is Nc1[c]c(N)nc(-n2nc(Cc3c(F)ccc(F)c3F)c3cc(F)ccc32)n1. The van der Waals surface area contributed by atoms with Gasteiger partial charge in [0, 0.05) is 17.4 Å². The summed E-state index contributed by atoms with van der Waals surface area (Å²) in [4.78, 5) is 7.95. The first-order valence-corrected chi connectivity index (χ1v) is 7.95. The molecule has 2 aromatic carbocycles. The fraction of sp³-hybridized carbons (Fsp3) is 0.0556. The second-order valence-corrected chi connectivity index (χ2v) is 5.94. The van der Waals surface area contributed by atoms with Crippen molar-refractivity contribution in [3.63, 3.8) is 0 Å². The number of anilines is 2. The first-order chi connectivity index (χ1) is 13.3. The summed E-state index contributed by atoms with van der Waals surface area (Å²) < 4.78 is 56.7. The zero-order valence-corrected chi connectivity index (χ0v) is 14.0. The molecule has 2 heterocycles. The van der Waals surface area contributed by atoms with E-state index < -0.39 is 35.3 Å². The number of rotatable bonds is 3. The van der Waals surface area contributed by atoms with Crippen LogP contribution in [0, 0.1) is 29.3 Å². The van der Waals surface area contributed by atoms with Gasteiger partial charge in [0.2, 0.25) is 0 Å². The molecule has 0 fully saturated rings. The molecule has 1 radical (unpaired) electrons. The lowest BCUT2D eigenvalue weighted by Gasteiger charge is -2.04. The fourth-order valence-electron chi connectivity index (χ4n) is 2.86. The second kappa shape index (κ2) is 6.48. The van der Waals surface area contributed by atoms with Gasteiger partial charge in [-0.1, -0.05) is 0 Å². The van der Waals surface area contributed by atoms with Crippen LogP contribution >= 0.6 is 0 Å². The Hall–Kier alpha value is -3.69. The summed E-state index contributed by atoms with van der Waals surface area (Å²) in [5.74, 6) is -4.19. The van der Waals surface area contributed by atoms with Crippen LogP contribution in [-0.2, 0) is 6.42 Å². The van der Waals surface area contributed by atoms with E-state index in [4.69, 9.17) is 11.5 Å². The summed E-state index contributed by atoms with van der Waals surface area (Å²) in [5.41, 5.74) is 11.2. The predicted molar refractivity (Wildman–Crippen MR) is 93.4 cm³/mol. The third kappa shape index (κ3) is 2.98. The van der Waals surface area contributed by atoms with Crippen LogP contribution in [0.4, 0.5) is 29.2 Å². The fourth-order valence-corrected chi connectivity index (χ4v) is 2.86. The molecule has 0 saturated carbocycles. The van der Waals surface area contributed by atoms with Gasteiger partial charge in [-0.3, -0.25) is 0 Å². The average molecular weight is 387 g/mol.